The van der Waals surface area contributed by atoms with Gasteiger partial charge in [-0.1, -0.05) is 70.4 Å². The van der Waals surface area contributed by atoms with E-state index in [2.05, 4.69) is 19.1 Å². The molecule has 4 nitrogen and oxygen atoms in total. The van der Waals surface area contributed by atoms with Crippen LogP contribution >= 0.6 is 0 Å². The maximum Gasteiger partial charge on any atom is 1.00 e. The van der Waals surface area contributed by atoms with Gasteiger partial charge in [-0.05, 0) is 32.1 Å². The number of unbranched alkanes of at least 4 members (excludes halogenated alkanes) is 10. The Morgan fingerprint density at radius 3 is 2.00 bits per heavy atom. The predicted octanol–water partition coefficient (Wildman–Crippen LogP) is 2.20. The molecule has 0 spiro atoms. The molecule has 0 aromatic carbocycles. The maximum absolute atomic E-state index is 10.4. The van der Waals surface area contributed by atoms with E-state index in [0.717, 1.165) is 45.3 Å². The van der Waals surface area contributed by atoms with Crippen LogP contribution in [0.25, 0.3) is 0 Å². The normalized spacial score (nSPS) is 11.8. The first-order valence-electron chi connectivity index (χ1n) is 9.72. The van der Waals surface area contributed by atoms with Crippen molar-refractivity contribution >= 4 is 10.1 Å². The zero-order valence-corrected chi connectivity index (χ0v) is 19.3. The molecular weight excluding hydrogens is 347 g/mol. The molecule has 0 heterocycles. The van der Waals surface area contributed by atoms with Gasteiger partial charge in [0.1, 0.15) is 0 Å². The predicted molar refractivity (Wildman–Crippen MR) is 100 cm³/mol. The van der Waals surface area contributed by atoms with E-state index in [1.165, 1.54) is 44.9 Å². The summed E-state index contributed by atoms with van der Waals surface area (Å²) in [6.07, 6.45) is 18.9. The molecule has 0 N–H and O–H groups in total. The van der Waals surface area contributed by atoms with Crippen LogP contribution in [0.1, 0.15) is 90.4 Å². The molecule has 0 radical (unpaired) electrons. The van der Waals surface area contributed by atoms with Gasteiger partial charge in [-0.3, -0.25) is 0 Å². The van der Waals surface area contributed by atoms with Gasteiger partial charge in [0.25, 0.3) is 0 Å². The van der Waals surface area contributed by atoms with Gasteiger partial charge in [-0.15, -0.1) is 0 Å². The fourth-order valence-corrected chi connectivity index (χ4v) is 3.10. The number of hydrogen-bond acceptors (Lipinski definition) is 4. The van der Waals surface area contributed by atoms with E-state index in [4.69, 9.17) is 4.74 Å². The molecule has 0 aliphatic rings. The van der Waals surface area contributed by atoms with Crippen molar-refractivity contribution in [3.63, 3.8) is 0 Å². The molecule has 144 valence electrons. The topological polar surface area (TPSA) is 66.4 Å². The van der Waals surface area contributed by atoms with E-state index in [-0.39, 0.29) is 35.3 Å². The van der Waals surface area contributed by atoms with Crippen molar-refractivity contribution in [2.24, 2.45) is 0 Å². The fourth-order valence-electron chi connectivity index (χ4n) is 2.54. The van der Waals surface area contributed by atoms with Crippen molar-refractivity contribution in [2.75, 3.05) is 19.0 Å². The molecule has 0 rings (SSSR count). The number of rotatable bonds is 18. The summed E-state index contributed by atoms with van der Waals surface area (Å²) < 4.78 is 36.9. The molecule has 0 saturated heterocycles. The van der Waals surface area contributed by atoms with Gasteiger partial charge in [0.05, 0.1) is 16.7 Å². The molecule has 0 bridgehead atoms. The average Bonchev–Trinajstić information content (AvgIpc) is 2.52. The number of allylic oxidation sites excluding steroid dienone is 1. The fraction of sp³-hybridized carbons (Fsp3) is 0.895. The smallest absolute Gasteiger partial charge is 0.748 e. The summed E-state index contributed by atoms with van der Waals surface area (Å²) >= 11 is 0. The second-order valence-corrected chi connectivity index (χ2v) is 7.98. The van der Waals surface area contributed by atoms with E-state index in [9.17, 15) is 13.0 Å². The summed E-state index contributed by atoms with van der Waals surface area (Å²) in [5, 5.41) is 0. The molecule has 0 aromatic rings. The Kier molecular flexibility index (Phi) is 23.3. The van der Waals surface area contributed by atoms with Crippen LogP contribution in [0.4, 0.5) is 0 Å². The van der Waals surface area contributed by atoms with Gasteiger partial charge in [-0.2, -0.15) is 0 Å². The van der Waals surface area contributed by atoms with Crippen molar-refractivity contribution in [2.45, 2.75) is 90.4 Å². The third-order valence-corrected chi connectivity index (χ3v) is 4.79. The Morgan fingerprint density at radius 2 is 1.32 bits per heavy atom. The van der Waals surface area contributed by atoms with Crippen LogP contribution in [-0.2, 0) is 14.9 Å². The Labute approximate surface area is 178 Å². The van der Waals surface area contributed by atoms with E-state index in [0.29, 0.717) is 6.42 Å². The SMILES string of the molecule is CCCCCCCCCOCC/C=C\CCCCCCS(=O)(=O)[O-].[Na+]. The molecule has 6 heteroatoms. The molecule has 0 fully saturated rings. The Bertz CT molecular complexity index is 383. The van der Waals surface area contributed by atoms with Gasteiger partial charge in [0, 0.05) is 12.4 Å². The first-order chi connectivity index (χ1) is 11.6. The second kappa shape index (κ2) is 20.9. The Morgan fingerprint density at radius 1 is 0.760 bits per heavy atom. The first-order valence-corrected chi connectivity index (χ1v) is 11.3. The van der Waals surface area contributed by atoms with Crippen molar-refractivity contribution in [3.05, 3.63) is 12.2 Å². The van der Waals surface area contributed by atoms with Gasteiger partial charge in [0.2, 0.25) is 0 Å². The minimum atomic E-state index is -4.02. The Hall–Kier alpha value is 0.610. The van der Waals surface area contributed by atoms with E-state index in [1.54, 1.807) is 0 Å². The molecule has 0 amide bonds. The van der Waals surface area contributed by atoms with Gasteiger partial charge >= 0.3 is 29.6 Å². The van der Waals surface area contributed by atoms with Crippen LogP contribution in [0.3, 0.4) is 0 Å². The van der Waals surface area contributed by atoms with Crippen molar-refractivity contribution in [1.82, 2.24) is 0 Å². The summed E-state index contributed by atoms with van der Waals surface area (Å²) in [5.74, 6) is -0.223. The van der Waals surface area contributed by atoms with Crippen LogP contribution in [0.5, 0.6) is 0 Å². The molecule has 0 aliphatic carbocycles. The zero-order chi connectivity index (χ0) is 17.9. The van der Waals surface area contributed by atoms with Crippen LogP contribution < -0.4 is 29.6 Å². The molecule has 0 atom stereocenters. The van der Waals surface area contributed by atoms with Crippen LogP contribution in [-0.4, -0.2) is 31.9 Å². The summed E-state index contributed by atoms with van der Waals surface area (Å²) in [6.45, 7) is 3.92. The van der Waals surface area contributed by atoms with Gasteiger partial charge < -0.3 is 9.29 Å². The summed E-state index contributed by atoms with van der Waals surface area (Å²) in [6, 6.07) is 0. The van der Waals surface area contributed by atoms with E-state index >= 15 is 0 Å². The molecule has 0 unspecified atom stereocenters. The third kappa shape index (κ3) is 26.9. The number of ether oxygens (including phenoxy) is 1. The van der Waals surface area contributed by atoms with Gasteiger partial charge in [-0.25, -0.2) is 8.42 Å². The zero-order valence-electron chi connectivity index (χ0n) is 16.5. The molecular formula is C19H37NaO4S. The van der Waals surface area contributed by atoms with E-state index < -0.39 is 10.1 Å². The minimum absolute atomic E-state index is 0. The quantitative estimate of drug-likeness (QED) is 0.157. The summed E-state index contributed by atoms with van der Waals surface area (Å²) in [5.41, 5.74) is 0. The monoisotopic (exact) mass is 384 g/mol. The Balaban J connectivity index is 0. The van der Waals surface area contributed by atoms with Crippen LogP contribution in [0.15, 0.2) is 12.2 Å². The standard InChI is InChI=1S/C19H38O4S.Na/c1-2-3-4-5-8-11-14-17-23-18-15-12-9-6-7-10-13-16-19-24(20,21)22;/h9,12H,2-8,10-11,13-19H2,1H3,(H,20,21,22);/q;+1/p-1/b12-9-;. The molecule has 0 aromatic heterocycles. The van der Waals surface area contributed by atoms with Gasteiger partial charge in [0.15, 0.2) is 0 Å². The van der Waals surface area contributed by atoms with E-state index in [1.807, 2.05) is 0 Å². The van der Waals surface area contributed by atoms with Crippen molar-refractivity contribution in [3.8, 4) is 0 Å². The second-order valence-electron chi connectivity index (χ2n) is 6.46. The first kappa shape index (κ1) is 27.8. The van der Waals surface area contributed by atoms with Crippen molar-refractivity contribution < 1.29 is 47.3 Å². The molecule has 0 aliphatic heterocycles. The molecule has 25 heavy (non-hydrogen) atoms. The van der Waals surface area contributed by atoms with Crippen molar-refractivity contribution in [1.29, 1.82) is 0 Å². The minimum Gasteiger partial charge on any atom is -0.748 e. The average molecular weight is 385 g/mol. The maximum atomic E-state index is 10.4. The number of hydrogen-bond donors (Lipinski definition) is 0. The van der Waals surface area contributed by atoms with Crippen LogP contribution in [0, 0.1) is 0 Å². The van der Waals surface area contributed by atoms with Crippen LogP contribution in [0.2, 0.25) is 0 Å². The largest absolute Gasteiger partial charge is 1.00 e. The summed E-state index contributed by atoms with van der Waals surface area (Å²) in [4.78, 5) is 0. The summed E-state index contributed by atoms with van der Waals surface area (Å²) in [7, 11) is -4.02. The third-order valence-electron chi connectivity index (χ3n) is 4.00. The molecule has 0 saturated carbocycles.